The number of methoxy groups -OCH3 is 1. The van der Waals surface area contributed by atoms with E-state index in [0.717, 1.165) is 4.90 Å². The molecule has 0 spiro atoms. The van der Waals surface area contributed by atoms with Gasteiger partial charge >= 0.3 is 11.9 Å². The monoisotopic (exact) mass is 504 g/mol. The number of ether oxygens (including phenoxy) is 1. The zero-order chi connectivity index (χ0) is 25.8. The molecule has 4 rings (SSSR count). The van der Waals surface area contributed by atoms with Crippen LogP contribution in [0.2, 0.25) is 0 Å². The Morgan fingerprint density at radius 3 is 2.19 bits per heavy atom. The average molecular weight is 505 g/mol. The number of carbonyl (C=O) groups excluding carboxylic acids is 4. The van der Waals surface area contributed by atoms with E-state index in [2.05, 4.69) is 10.1 Å². The standard InChI is InChI=1S/C26H20N2O7S/c1-35-26(34)15-6-10-17(11-7-15)28-22(29)14-21(24(28)31)36-18-12-8-16(9-13-18)27-23(30)19-4-2-3-5-20(19)25(32)33/h2-13,21H,14H2,1H3,(H,27,30)(H,32,33). The number of amides is 3. The number of nitrogens with one attached hydrogen (secondary N) is 1. The minimum Gasteiger partial charge on any atom is -0.478 e. The summed E-state index contributed by atoms with van der Waals surface area (Å²) in [5.74, 6) is -2.97. The minimum atomic E-state index is -1.20. The molecule has 1 aliphatic heterocycles. The van der Waals surface area contributed by atoms with Gasteiger partial charge in [0.2, 0.25) is 11.8 Å². The van der Waals surface area contributed by atoms with Gasteiger partial charge in [0.05, 0.1) is 34.7 Å². The molecule has 3 aromatic carbocycles. The average Bonchev–Trinajstić information content (AvgIpc) is 3.16. The molecule has 3 aromatic rings. The molecule has 1 atom stereocenters. The molecule has 0 radical (unpaired) electrons. The molecular weight excluding hydrogens is 484 g/mol. The molecule has 2 N–H and O–H groups in total. The Morgan fingerprint density at radius 2 is 1.58 bits per heavy atom. The van der Waals surface area contributed by atoms with Crippen molar-refractivity contribution < 1.29 is 33.8 Å². The first kappa shape index (κ1) is 24.7. The Kier molecular flexibility index (Phi) is 7.16. The van der Waals surface area contributed by atoms with Gasteiger partial charge in [-0.05, 0) is 60.7 Å². The van der Waals surface area contributed by atoms with Gasteiger partial charge in [-0.15, -0.1) is 11.8 Å². The summed E-state index contributed by atoms with van der Waals surface area (Å²) in [6.07, 6.45) is 0.0205. The van der Waals surface area contributed by atoms with E-state index in [1.165, 1.54) is 55.3 Å². The zero-order valence-electron chi connectivity index (χ0n) is 19.0. The summed E-state index contributed by atoms with van der Waals surface area (Å²) in [4.78, 5) is 62.8. The molecule has 10 heteroatoms. The molecule has 1 unspecified atom stereocenters. The molecule has 1 saturated heterocycles. The lowest BCUT2D eigenvalue weighted by Crippen LogP contribution is -2.31. The first-order chi connectivity index (χ1) is 17.3. The van der Waals surface area contributed by atoms with Crippen molar-refractivity contribution in [2.45, 2.75) is 16.6 Å². The predicted octanol–water partition coefficient (Wildman–Crippen LogP) is 3.85. The van der Waals surface area contributed by atoms with E-state index < -0.39 is 23.1 Å². The molecule has 1 aliphatic rings. The minimum absolute atomic E-state index is 0.0205. The van der Waals surface area contributed by atoms with Crippen molar-refractivity contribution in [2.24, 2.45) is 0 Å². The van der Waals surface area contributed by atoms with Crippen LogP contribution in [0.25, 0.3) is 0 Å². The van der Waals surface area contributed by atoms with Gasteiger partial charge in [-0.3, -0.25) is 14.4 Å². The highest BCUT2D eigenvalue weighted by molar-refractivity contribution is 8.00. The smallest absolute Gasteiger partial charge is 0.337 e. The second-order valence-corrected chi connectivity index (χ2v) is 9.02. The Balaban J connectivity index is 1.41. The lowest BCUT2D eigenvalue weighted by atomic mass is 10.1. The second-order valence-electron chi connectivity index (χ2n) is 7.75. The van der Waals surface area contributed by atoms with Gasteiger partial charge in [-0.1, -0.05) is 12.1 Å². The Bertz CT molecular complexity index is 1350. The van der Waals surface area contributed by atoms with Crippen LogP contribution in [0.5, 0.6) is 0 Å². The topological polar surface area (TPSA) is 130 Å². The van der Waals surface area contributed by atoms with Gasteiger partial charge in [-0.2, -0.15) is 0 Å². The lowest BCUT2D eigenvalue weighted by molar-refractivity contribution is -0.121. The Labute approximate surface area is 210 Å². The van der Waals surface area contributed by atoms with Gasteiger partial charge < -0.3 is 15.2 Å². The van der Waals surface area contributed by atoms with Gasteiger partial charge in [-0.25, -0.2) is 14.5 Å². The maximum Gasteiger partial charge on any atom is 0.337 e. The molecule has 36 heavy (non-hydrogen) atoms. The number of hydrogen-bond donors (Lipinski definition) is 2. The number of thioether (sulfide) groups is 1. The highest BCUT2D eigenvalue weighted by Gasteiger charge is 2.40. The van der Waals surface area contributed by atoms with Gasteiger partial charge in [0.1, 0.15) is 0 Å². The summed E-state index contributed by atoms with van der Waals surface area (Å²) in [5, 5.41) is 11.3. The highest BCUT2D eigenvalue weighted by Crippen LogP contribution is 2.34. The molecule has 1 heterocycles. The number of esters is 1. The predicted molar refractivity (Wildman–Crippen MR) is 132 cm³/mol. The van der Waals surface area contributed by atoms with Crippen molar-refractivity contribution in [3.8, 4) is 0 Å². The van der Waals surface area contributed by atoms with Crippen molar-refractivity contribution in [3.05, 3.63) is 89.5 Å². The molecule has 0 bridgehead atoms. The molecule has 0 saturated carbocycles. The maximum atomic E-state index is 12.9. The molecule has 0 aliphatic carbocycles. The largest absolute Gasteiger partial charge is 0.478 e. The number of anilines is 2. The van der Waals surface area contributed by atoms with Gasteiger partial charge in [0, 0.05) is 17.0 Å². The number of hydrogen-bond acceptors (Lipinski definition) is 7. The van der Waals surface area contributed by atoms with Crippen LogP contribution in [0.4, 0.5) is 11.4 Å². The Morgan fingerprint density at radius 1 is 0.944 bits per heavy atom. The van der Waals surface area contributed by atoms with Crippen molar-refractivity contribution in [1.82, 2.24) is 0 Å². The normalized spacial score (nSPS) is 15.0. The van der Waals surface area contributed by atoms with Crippen LogP contribution in [0.1, 0.15) is 37.5 Å². The van der Waals surface area contributed by atoms with E-state index in [4.69, 9.17) is 0 Å². The molecule has 182 valence electrons. The number of nitrogens with zero attached hydrogens (tertiary/aromatic N) is 1. The first-order valence-electron chi connectivity index (χ1n) is 10.7. The Hall–Kier alpha value is -4.44. The number of rotatable bonds is 7. The van der Waals surface area contributed by atoms with Gasteiger partial charge in [0.15, 0.2) is 0 Å². The van der Waals surface area contributed by atoms with Crippen LogP contribution in [-0.4, -0.2) is 47.1 Å². The fourth-order valence-electron chi connectivity index (χ4n) is 3.68. The number of benzene rings is 3. The van der Waals surface area contributed by atoms with Crippen molar-refractivity contribution in [3.63, 3.8) is 0 Å². The van der Waals surface area contributed by atoms with E-state index >= 15 is 0 Å². The van der Waals surface area contributed by atoms with Crippen LogP contribution in [0.3, 0.4) is 0 Å². The van der Waals surface area contributed by atoms with Crippen LogP contribution >= 0.6 is 11.8 Å². The van der Waals surface area contributed by atoms with E-state index in [-0.39, 0.29) is 29.4 Å². The number of carbonyl (C=O) groups is 5. The van der Waals surface area contributed by atoms with Crippen LogP contribution < -0.4 is 10.2 Å². The van der Waals surface area contributed by atoms with Crippen LogP contribution in [0, 0.1) is 0 Å². The summed E-state index contributed by atoms with van der Waals surface area (Å²) in [7, 11) is 1.27. The van der Waals surface area contributed by atoms with E-state index in [9.17, 15) is 29.1 Å². The van der Waals surface area contributed by atoms with Crippen LogP contribution in [0.15, 0.2) is 77.7 Å². The van der Waals surface area contributed by atoms with Crippen molar-refractivity contribution >= 4 is 52.8 Å². The van der Waals surface area contributed by atoms with E-state index in [1.807, 2.05) is 0 Å². The summed E-state index contributed by atoms with van der Waals surface area (Å²) in [5.41, 5.74) is 1.07. The maximum absolute atomic E-state index is 12.9. The number of aromatic carboxylic acids is 1. The molecule has 9 nitrogen and oxygen atoms in total. The van der Waals surface area contributed by atoms with Crippen LogP contribution in [-0.2, 0) is 14.3 Å². The lowest BCUT2D eigenvalue weighted by Gasteiger charge is -2.15. The number of carboxylic acids is 1. The third kappa shape index (κ3) is 5.13. The third-order valence-electron chi connectivity index (χ3n) is 5.44. The van der Waals surface area contributed by atoms with Crippen molar-refractivity contribution in [1.29, 1.82) is 0 Å². The quantitative estimate of drug-likeness (QED) is 0.367. The third-order valence-corrected chi connectivity index (χ3v) is 6.64. The summed E-state index contributed by atoms with van der Waals surface area (Å²) in [6.45, 7) is 0. The highest BCUT2D eigenvalue weighted by atomic mass is 32.2. The SMILES string of the molecule is COC(=O)c1ccc(N2C(=O)CC(Sc3ccc(NC(=O)c4ccccc4C(=O)O)cc3)C2=O)cc1. The summed E-state index contributed by atoms with van der Waals surface area (Å²) in [6, 6.07) is 18.6. The number of imide groups is 1. The van der Waals surface area contributed by atoms with Gasteiger partial charge in [0.25, 0.3) is 5.91 Å². The fourth-order valence-corrected chi connectivity index (χ4v) is 4.73. The van der Waals surface area contributed by atoms with E-state index in [0.29, 0.717) is 21.8 Å². The molecule has 3 amide bonds. The number of carboxylic acid groups (broad SMARTS) is 1. The molecule has 1 fully saturated rings. The summed E-state index contributed by atoms with van der Waals surface area (Å²) < 4.78 is 4.66. The fraction of sp³-hybridized carbons (Fsp3) is 0.115. The summed E-state index contributed by atoms with van der Waals surface area (Å²) >= 11 is 1.23. The van der Waals surface area contributed by atoms with Crippen molar-refractivity contribution in [2.75, 3.05) is 17.3 Å². The molecule has 0 aromatic heterocycles. The zero-order valence-corrected chi connectivity index (χ0v) is 19.8. The molecular formula is C26H20N2O7S. The first-order valence-corrected chi connectivity index (χ1v) is 11.6. The van der Waals surface area contributed by atoms with E-state index in [1.54, 1.807) is 36.4 Å². The second kappa shape index (κ2) is 10.4.